The average molecular weight is 204 g/mol. The molecular weight excluding hydrogens is 192 g/mol. The number of carbonyl (C=O) groups excluding carboxylic acids is 1. The summed E-state index contributed by atoms with van der Waals surface area (Å²) in [4.78, 5) is 11.5. The monoisotopic (exact) mass is 204 g/mol. The van der Waals surface area contributed by atoms with Crippen molar-refractivity contribution in [1.29, 1.82) is 0 Å². The van der Waals surface area contributed by atoms with Crippen LogP contribution in [0.2, 0.25) is 0 Å². The molecule has 1 aromatic rings. The second-order valence-corrected chi connectivity index (χ2v) is 4.09. The summed E-state index contributed by atoms with van der Waals surface area (Å²) in [5.74, 6) is 1.48. The van der Waals surface area contributed by atoms with E-state index in [1.807, 2.05) is 24.3 Å². The molecule has 0 aromatic heterocycles. The fraction of sp³-hybridized carbons (Fsp3) is 0.417. The van der Waals surface area contributed by atoms with E-state index in [1.165, 1.54) is 7.11 Å². The van der Waals surface area contributed by atoms with Crippen molar-refractivity contribution in [2.75, 3.05) is 13.7 Å². The van der Waals surface area contributed by atoms with Crippen LogP contribution in [-0.4, -0.2) is 19.7 Å². The smallest absolute Gasteiger partial charge is 0.309 e. The lowest BCUT2D eigenvalue weighted by Crippen LogP contribution is -2.09. The van der Waals surface area contributed by atoms with Gasteiger partial charge in [0.15, 0.2) is 0 Å². The fourth-order valence-corrected chi connectivity index (χ4v) is 2.54. The number of para-hydroxylation sites is 1. The van der Waals surface area contributed by atoms with E-state index in [9.17, 15) is 4.79 Å². The summed E-state index contributed by atoms with van der Waals surface area (Å²) in [5, 5.41) is 0. The summed E-state index contributed by atoms with van der Waals surface area (Å²) < 4.78 is 10.4. The van der Waals surface area contributed by atoms with E-state index in [4.69, 9.17) is 9.47 Å². The molecule has 3 unspecified atom stereocenters. The molecule has 0 spiro atoms. The molecular formula is C12H12O3. The van der Waals surface area contributed by atoms with E-state index in [0.717, 1.165) is 11.3 Å². The highest BCUT2D eigenvalue weighted by Crippen LogP contribution is 2.59. The third kappa shape index (κ3) is 1.16. The van der Waals surface area contributed by atoms with E-state index in [0.29, 0.717) is 18.4 Å². The summed E-state index contributed by atoms with van der Waals surface area (Å²) in [6, 6.07) is 7.93. The number of hydrogen-bond acceptors (Lipinski definition) is 3. The molecule has 3 atom stereocenters. The van der Waals surface area contributed by atoms with Crippen molar-refractivity contribution in [3.05, 3.63) is 29.8 Å². The minimum Gasteiger partial charge on any atom is -0.493 e. The Morgan fingerprint density at radius 1 is 1.47 bits per heavy atom. The lowest BCUT2D eigenvalue weighted by atomic mass is 10.1. The predicted molar refractivity (Wildman–Crippen MR) is 53.7 cm³/mol. The number of methoxy groups -OCH3 is 1. The number of benzene rings is 1. The van der Waals surface area contributed by atoms with Gasteiger partial charge in [-0.25, -0.2) is 0 Å². The summed E-state index contributed by atoms with van der Waals surface area (Å²) >= 11 is 0. The quantitative estimate of drug-likeness (QED) is 0.651. The molecule has 78 valence electrons. The van der Waals surface area contributed by atoms with Crippen molar-refractivity contribution in [2.45, 2.75) is 5.92 Å². The summed E-state index contributed by atoms with van der Waals surface area (Å²) in [6.45, 7) is 0.640. The zero-order valence-electron chi connectivity index (χ0n) is 8.47. The SMILES string of the molecule is COC(=O)C1C2COc3ccccc3C21. The van der Waals surface area contributed by atoms with Gasteiger partial charge in [0.05, 0.1) is 19.6 Å². The van der Waals surface area contributed by atoms with E-state index in [-0.39, 0.29) is 11.9 Å². The topological polar surface area (TPSA) is 35.5 Å². The number of fused-ring (bicyclic) bond motifs is 3. The van der Waals surface area contributed by atoms with Gasteiger partial charge < -0.3 is 9.47 Å². The summed E-state index contributed by atoms with van der Waals surface area (Å²) in [6.07, 6.45) is 0. The molecule has 2 aliphatic rings. The largest absolute Gasteiger partial charge is 0.493 e. The number of rotatable bonds is 1. The second kappa shape index (κ2) is 2.99. The number of hydrogen-bond donors (Lipinski definition) is 0. The first-order valence-corrected chi connectivity index (χ1v) is 5.12. The van der Waals surface area contributed by atoms with E-state index >= 15 is 0 Å². The van der Waals surface area contributed by atoms with Crippen molar-refractivity contribution < 1.29 is 14.3 Å². The van der Waals surface area contributed by atoms with Crippen molar-refractivity contribution >= 4 is 5.97 Å². The van der Waals surface area contributed by atoms with Crippen molar-refractivity contribution in [1.82, 2.24) is 0 Å². The van der Waals surface area contributed by atoms with Gasteiger partial charge in [-0.2, -0.15) is 0 Å². The van der Waals surface area contributed by atoms with Gasteiger partial charge in [0.25, 0.3) is 0 Å². The lowest BCUT2D eigenvalue weighted by Gasteiger charge is -2.15. The number of carbonyl (C=O) groups is 1. The number of ether oxygens (including phenoxy) is 2. The van der Waals surface area contributed by atoms with E-state index in [2.05, 4.69) is 0 Å². The molecule has 1 saturated carbocycles. The van der Waals surface area contributed by atoms with Crippen LogP contribution in [0, 0.1) is 11.8 Å². The first kappa shape index (κ1) is 8.77. The molecule has 0 bridgehead atoms. The van der Waals surface area contributed by atoms with Crippen LogP contribution in [0.5, 0.6) is 5.75 Å². The zero-order valence-corrected chi connectivity index (χ0v) is 8.47. The average Bonchev–Trinajstić information content (AvgIpc) is 3.02. The van der Waals surface area contributed by atoms with Crippen LogP contribution < -0.4 is 4.74 Å². The molecule has 0 radical (unpaired) electrons. The molecule has 3 rings (SSSR count). The Bertz CT molecular complexity index is 413. The molecule has 15 heavy (non-hydrogen) atoms. The van der Waals surface area contributed by atoms with Crippen LogP contribution in [0.1, 0.15) is 11.5 Å². The third-order valence-electron chi connectivity index (χ3n) is 3.35. The van der Waals surface area contributed by atoms with Gasteiger partial charge >= 0.3 is 5.97 Å². The maximum absolute atomic E-state index is 11.5. The fourth-order valence-electron chi connectivity index (χ4n) is 2.54. The standard InChI is InChI=1S/C12H12O3/c1-14-12(13)11-8-6-15-9-5-3-2-4-7(9)10(8)11/h2-5,8,10-11H,6H2,1H3. The molecule has 0 N–H and O–H groups in total. The highest BCUT2D eigenvalue weighted by Gasteiger charge is 2.59. The van der Waals surface area contributed by atoms with Gasteiger partial charge in [-0.3, -0.25) is 4.79 Å². The first-order chi connectivity index (χ1) is 7.33. The van der Waals surface area contributed by atoms with Gasteiger partial charge in [0, 0.05) is 11.8 Å². The van der Waals surface area contributed by atoms with Gasteiger partial charge in [-0.05, 0) is 11.6 Å². The van der Waals surface area contributed by atoms with Crippen LogP contribution in [0.15, 0.2) is 24.3 Å². The predicted octanol–water partition coefficient (Wildman–Crippen LogP) is 1.58. The Kier molecular flexibility index (Phi) is 1.75. The van der Waals surface area contributed by atoms with Gasteiger partial charge in [-0.15, -0.1) is 0 Å². The Hall–Kier alpha value is -1.51. The van der Waals surface area contributed by atoms with E-state index in [1.54, 1.807) is 0 Å². The minimum atomic E-state index is -0.106. The van der Waals surface area contributed by atoms with Crippen molar-refractivity contribution in [2.24, 2.45) is 11.8 Å². The van der Waals surface area contributed by atoms with Gasteiger partial charge in [0.1, 0.15) is 5.75 Å². The molecule has 1 fully saturated rings. The molecule has 0 amide bonds. The molecule has 1 aromatic carbocycles. The van der Waals surface area contributed by atoms with Crippen molar-refractivity contribution in [3.63, 3.8) is 0 Å². The molecule has 3 heteroatoms. The maximum atomic E-state index is 11.5. The van der Waals surface area contributed by atoms with Crippen LogP contribution in [-0.2, 0) is 9.53 Å². The summed E-state index contributed by atoms with van der Waals surface area (Å²) in [7, 11) is 1.44. The second-order valence-electron chi connectivity index (χ2n) is 4.09. The van der Waals surface area contributed by atoms with Crippen molar-refractivity contribution in [3.8, 4) is 5.75 Å². The Balaban J connectivity index is 1.93. The van der Waals surface area contributed by atoms with Crippen LogP contribution >= 0.6 is 0 Å². The molecule has 1 aliphatic carbocycles. The first-order valence-electron chi connectivity index (χ1n) is 5.12. The van der Waals surface area contributed by atoms with E-state index < -0.39 is 0 Å². The minimum absolute atomic E-state index is 0.0126. The Morgan fingerprint density at radius 3 is 3.07 bits per heavy atom. The summed E-state index contributed by atoms with van der Waals surface area (Å²) in [5.41, 5.74) is 1.16. The third-order valence-corrected chi connectivity index (χ3v) is 3.35. The molecule has 1 heterocycles. The molecule has 1 aliphatic heterocycles. The maximum Gasteiger partial charge on any atom is 0.309 e. The molecule has 3 nitrogen and oxygen atoms in total. The van der Waals surface area contributed by atoms with Crippen LogP contribution in [0.4, 0.5) is 0 Å². The normalized spacial score (nSPS) is 30.9. The number of esters is 1. The molecule has 0 saturated heterocycles. The zero-order chi connectivity index (χ0) is 10.4. The Morgan fingerprint density at radius 2 is 2.27 bits per heavy atom. The highest BCUT2D eigenvalue weighted by molar-refractivity contribution is 5.79. The lowest BCUT2D eigenvalue weighted by molar-refractivity contribution is -0.142. The Labute approximate surface area is 88.0 Å². The van der Waals surface area contributed by atoms with Gasteiger partial charge in [-0.1, -0.05) is 18.2 Å². The van der Waals surface area contributed by atoms with Crippen LogP contribution in [0.25, 0.3) is 0 Å². The highest BCUT2D eigenvalue weighted by atomic mass is 16.5. The van der Waals surface area contributed by atoms with Crippen LogP contribution in [0.3, 0.4) is 0 Å². The van der Waals surface area contributed by atoms with Gasteiger partial charge in [0.2, 0.25) is 0 Å².